The molecule has 0 spiro atoms. The normalized spacial score (nSPS) is 26.8. The van der Waals surface area contributed by atoms with Crippen molar-refractivity contribution in [3.8, 4) is 0 Å². The van der Waals surface area contributed by atoms with Crippen LogP contribution in [0.2, 0.25) is 0 Å². The van der Waals surface area contributed by atoms with Gasteiger partial charge in [0.25, 0.3) is 0 Å². The zero-order chi connectivity index (χ0) is 7.72. The fourth-order valence-corrected chi connectivity index (χ4v) is 0.784. The number of hydrogen-bond donors (Lipinski definition) is 0. The molecule has 0 saturated heterocycles. The smallest absolute Gasteiger partial charge is 0.130 e. The van der Waals surface area contributed by atoms with E-state index in [2.05, 4.69) is 0 Å². The summed E-state index contributed by atoms with van der Waals surface area (Å²) < 4.78 is 37.1. The first-order valence-corrected chi connectivity index (χ1v) is 2.97. The van der Waals surface area contributed by atoms with E-state index in [4.69, 9.17) is 0 Å². The fourth-order valence-electron chi connectivity index (χ4n) is 0.784. The highest BCUT2D eigenvalue weighted by Gasteiger charge is 2.20. The second kappa shape index (κ2) is 2.48. The predicted molar refractivity (Wildman–Crippen MR) is 32.5 cm³/mol. The molecule has 0 heterocycles. The molecule has 0 aliphatic heterocycles. The summed E-state index contributed by atoms with van der Waals surface area (Å²) in [5.74, 6) is -1.51. The Morgan fingerprint density at radius 1 is 1.50 bits per heavy atom. The lowest BCUT2D eigenvalue weighted by Crippen LogP contribution is -2.07. The van der Waals surface area contributed by atoms with Crippen LogP contribution in [0.4, 0.5) is 13.2 Å². The maximum atomic E-state index is 12.5. The van der Waals surface area contributed by atoms with E-state index in [0.29, 0.717) is 0 Å². The summed E-state index contributed by atoms with van der Waals surface area (Å²) in [5, 5.41) is 0. The minimum absolute atomic E-state index is 0.0126. The van der Waals surface area contributed by atoms with E-state index in [9.17, 15) is 13.2 Å². The molecule has 0 aromatic rings. The van der Waals surface area contributed by atoms with Gasteiger partial charge in [-0.3, -0.25) is 0 Å². The molecular formula is C7H7F3. The second-order valence-corrected chi connectivity index (χ2v) is 2.29. The Kier molecular flexibility index (Phi) is 1.83. The Morgan fingerprint density at radius 3 is 2.60 bits per heavy atom. The molecule has 1 unspecified atom stereocenters. The third kappa shape index (κ3) is 1.23. The standard InChI is InChI=1S/C7H7F3/c1-4-6(9)2-5(8)3-7(4)10/h2,7H,3H2,1H3. The van der Waals surface area contributed by atoms with Gasteiger partial charge in [-0.2, -0.15) is 0 Å². The second-order valence-electron chi connectivity index (χ2n) is 2.29. The van der Waals surface area contributed by atoms with Gasteiger partial charge in [-0.15, -0.1) is 0 Å². The molecule has 0 N–H and O–H groups in total. The van der Waals surface area contributed by atoms with Crippen molar-refractivity contribution in [3.63, 3.8) is 0 Å². The maximum Gasteiger partial charge on any atom is 0.130 e. The van der Waals surface area contributed by atoms with Crippen LogP contribution in [0, 0.1) is 0 Å². The topological polar surface area (TPSA) is 0 Å². The lowest BCUT2D eigenvalue weighted by molar-refractivity contribution is 0.341. The minimum Gasteiger partial charge on any atom is -0.242 e. The lowest BCUT2D eigenvalue weighted by Gasteiger charge is -2.11. The Morgan fingerprint density at radius 2 is 2.10 bits per heavy atom. The Bertz CT molecular complexity index is 203. The van der Waals surface area contributed by atoms with Crippen LogP contribution in [-0.4, -0.2) is 6.17 Å². The van der Waals surface area contributed by atoms with E-state index in [0.717, 1.165) is 6.08 Å². The third-order valence-electron chi connectivity index (χ3n) is 1.50. The van der Waals surface area contributed by atoms with Crippen LogP contribution >= 0.6 is 0 Å². The largest absolute Gasteiger partial charge is 0.242 e. The molecule has 0 nitrogen and oxygen atoms in total. The van der Waals surface area contributed by atoms with Crippen LogP contribution in [0.5, 0.6) is 0 Å². The molecule has 1 aliphatic carbocycles. The quantitative estimate of drug-likeness (QED) is 0.495. The highest BCUT2D eigenvalue weighted by atomic mass is 19.2. The SMILES string of the molecule is CC1=C(F)C=C(F)CC1F. The van der Waals surface area contributed by atoms with Crippen LogP contribution in [0.3, 0.4) is 0 Å². The summed E-state index contributed by atoms with van der Waals surface area (Å²) in [6, 6.07) is 0. The zero-order valence-corrected chi connectivity index (χ0v) is 5.50. The first-order chi connectivity index (χ1) is 4.61. The number of halogens is 3. The Labute approximate surface area is 57.0 Å². The van der Waals surface area contributed by atoms with Gasteiger partial charge in [0.05, 0.1) is 0 Å². The molecule has 56 valence electrons. The van der Waals surface area contributed by atoms with Crippen LogP contribution in [-0.2, 0) is 0 Å². The van der Waals surface area contributed by atoms with Gasteiger partial charge in [0.2, 0.25) is 0 Å². The van der Waals surface area contributed by atoms with E-state index in [1.54, 1.807) is 0 Å². The summed E-state index contributed by atoms with van der Waals surface area (Å²) in [5.41, 5.74) is -0.0126. The lowest BCUT2D eigenvalue weighted by atomic mass is 10.0. The molecule has 0 aromatic carbocycles. The van der Waals surface area contributed by atoms with Gasteiger partial charge in [-0.1, -0.05) is 0 Å². The van der Waals surface area contributed by atoms with Crippen molar-refractivity contribution in [2.45, 2.75) is 19.5 Å². The van der Waals surface area contributed by atoms with Gasteiger partial charge in [0.1, 0.15) is 17.8 Å². The molecule has 1 aliphatic rings. The van der Waals surface area contributed by atoms with Crippen molar-refractivity contribution in [1.82, 2.24) is 0 Å². The molecule has 1 atom stereocenters. The Balaban J connectivity index is 2.92. The number of rotatable bonds is 0. The van der Waals surface area contributed by atoms with Crippen molar-refractivity contribution in [3.05, 3.63) is 23.3 Å². The maximum absolute atomic E-state index is 12.5. The summed E-state index contributed by atoms with van der Waals surface area (Å²) in [7, 11) is 0. The van der Waals surface area contributed by atoms with Gasteiger partial charge in [-0.05, 0) is 12.5 Å². The molecule has 10 heavy (non-hydrogen) atoms. The zero-order valence-electron chi connectivity index (χ0n) is 5.50. The van der Waals surface area contributed by atoms with E-state index < -0.39 is 17.8 Å². The number of allylic oxidation sites excluding steroid dienone is 4. The first-order valence-electron chi connectivity index (χ1n) is 2.97. The van der Waals surface area contributed by atoms with Crippen LogP contribution in [0.1, 0.15) is 13.3 Å². The van der Waals surface area contributed by atoms with Crippen molar-refractivity contribution >= 4 is 0 Å². The fraction of sp³-hybridized carbons (Fsp3) is 0.429. The van der Waals surface area contributed by atoms with Crippen molar-refractivity contribution in [2.24, 2.45) is 0 Å². The average Bonchev–Trinajstić information content (AvgIpc) is 1.82. The van der Waals surface area contributed by atoms with Crippen LogP contribution in [0.25, 0.3) is 0 Å². The minimum atomic E-state index is -1.48. The molecule has 3 heteroatoms. The summed E-state index contributed by atoms with van der Waals surface area (Å²) in [6.07, 6.45) is -1.07. The summed E-state index contributed by atoms with van der Waals surface area (Å²) >= 11 is 0. The van der Waals surface area contributed by atoms with E-state index >= 15 is 0 Å². The van der Waals surface area contributed by atoms with Gasteiger partial charge in [0.15, 0.2) is 0 Å². The molecule has 0 saturated carbocycles. The van der Waals surface area contributed by atoms with Crippen LogP contribution in [0.15, 0.2) is 23.3 Å². The molecule has 0 amide bonds. The van der Waals surface area contributed by atoms with E-state index in [1.807, 2.05) is 0 Å². The molecule has 0 aromatic heterocycles. The third-order valence-corrected chi connectivity index (χ3v) is 1.50. The average molecular weight is 148 g/mol. The van der Waals surface area contributed by atoms with Crippen molar-refractivity contribution in [2.75, 3.05) is 0 Å². The van der Waals surface area contributed by atoms with Crippen molar-refractivity contribution in [1.29, 1.82) is 0 Å². The highest BCUT2D eigenvalue weighted by molar-refractivity contribution is 5.28. The number of alkyl halides is 1. The van der Waals surface area contributed by atoms with Gasteiger partial charge < -0.3 is 0 Å². The molecule has 0 fully saturated rings. The molecular weight excluding hydrogens is 141 g/mol. The molecule has 0 bridgehead atoms. The van der Waals surface area contributed by atoms with Gasteiger partial charge >= 0.3 is 0 Å². The summed E-state index contributed by atoms with van der Waals surface area (Å²) in [4.78, 5) is 0. The van der Waals surface area contributed by atoms with E-state index in [-0.39, 0.29) is 12.0 Å². The summed E-state index contributed by atoms with van der Waals surface area (Å²) in [6.45, 7) is 1.32. The van der Waals surface area contributed by atoms with Gasteiger partial charge in [-0.25, -0.2) is 13.2 Å². The van der Waals surface area contributed by atoms with E-state index in [1.165, 1.54) is 6.92 Å². The first kappa shape index (κ1) is 7.38. The molecule has 1 rings (SSSR count). The molecule has 0 radical (unpaired) electrons. The predicted octanol–water partition coefficient (Wildman–Crippen LogP) is 2.83. The Hall–Kier alpha value is -0.730. The highest BCUT2D eigenvalue weighted by Crippen LogP contribution is 2.27. The van der Waals surface area contributed by atoms with Gasteiger partial charge in [0, 0.05) is 12.5 Å². The van der Waals surface area contributed by atoms with Crippen LogP contribution < -0.4 is 0 Å². The monoisotopic (exact) mass is 148 g/mol. The van der Waals surface area contributed by atoms with Crippen molar-refractivity contribution < 1.29 is 13.2 Å². The number of hydrogen-bond acceptors (Lipinski definition) is 0.